The minimum absolute atomic E-state index is 0.0475. The fourth-order valence-electron chi connectivity index (χ4n) is 3.63. The summed E-state index contributed by atoms with van der Waals surface area (Å²) in [5, 5.41) is 0. The van der Waals surface area contributed by atoms with Crippen LogP contribution in [0.15, 0.2) is 6.33 Å². The number of nitrogens with two attached hydrogens (primary N) is 1. The van der Waals surface area contributed by atoms with Crippen molar-refractivity contribution in [2.45, 2.75) is 63.5 Å². The minimum Gasteiger partial charge on any atom is -0.476 e. The second-order valence-corrected chi connectivity index (χ2v) is 13.8. The van der Waals surface area contributed by atoms with E-state index < -0.39 is 31.9 Å². The largest absolute Gasteiger partial charge is 0.476 e. The Labute approximate surface area is 205 Å². The molecule has 190 valence electrons. The zero-order chi connectivity index (χ0) is 24.7. The van der Waals surface area contributed by atoms with Crippen LogP contribution in [0.25, 0.3) is 11.2 Å². The van der Waals surface area contributed by atoms with E-state index in [9.17, 15) is 4.57 Å². The molecular weight excluding hydrogens is 508 g/mol. The third kappa shape index (κ3) is 5.32. The number of alkyl halides is 1. The van der Waals surface area contributed by atoms with Gasteiger partial charge in [-0.15, -0.1) is 0 Å². The molecule has 15 heteroatoms. The molecule has 0 aromatic carbocycles. The lowest BCUT2D eigenvalue weighted by Crippen LogP contribution is -2.44. The monoisotopic (exact) mass is 537 g/mol. The summed E-state index contributed by atoms with van der Waals surface area (Å²) in [6.07, 6.45) is -1.80. The predicted octanol–water partition coefficient (Wildman–Crippen LogP) is 4.15. The molecule has 2 aliphatic heterocycles. The normalized spacial score (nSPS) is 31.6. The van der Waals surface area contributed by atoms with Gasteiger partial charge < -0.3 is 15.2 Å². The molecule has 0 bridgehead atoms. The van der Waals surface area contributed by atoms with E-state index in [4.69, 9.17) is 28.8 Å². The summed E-state index contributed by atoms with van der Waals surface area (Å²) < 4.78 is 58.4. The van der Waals surface area contributed by atoms with Crippen LogP contribution < -0.4 is 10.5 Å². The third-order valence-corrected chi connectivity index (χ3v) is 9.74. The molecule has 0 spiro atoms. The average molecular weight is 538 g/mol. The van der Waals surface area contributed by atoms with Crippen LogP contribution in [0.1, 0.15) is 40.8 Å². The Morgan fingerprint density at radius 3 is 2.88 bits per heavy atom. The first kappa shape index (κ1) is 25.9. The van der Waals surface area contributed by atoms with Gasteiger partial charge in [0.2, 0.25) is 11.8 Å². The maximum atomic E-state index is 16.1. The molecule has 2 aliphatic rings. The van der Waals surface area contributed by atoms with E-state index in [1.807, 2.05) is 0 Å². The molecule has 11 nitrogen and oxygen atoms in total. The Hall–Kier alpha value is -1.15. The highest BCUT2D eigenvalue weighted by Crippen LogP contribution is 2.59. The highest BCUT2D eigenvalue weighted by Gasteiger charge is 2.61. The maximum absolute atomic E-state index is 16.1. The van der Waals surface area contributed by atoms with Gasteiger partial charge in [0.25, 0.3) is 0 Å². The van der Waals surface area contributed by atoms with E-state index in [0.717, 1.165) is 0 Å². The first-order valence-electron chi connectivity index (χ1n) is 10.8. The Balaban J connectivity index is 1.49. The molecule has 34 heavy (non-hydrogen) atoms. The summed E-state index contributed by atoms with van der Waals surface area (Å²) in [5.74, 6) is 0.719. The van der Waals surface area contributed by atoms with Gasteiger partial charge in [-0.1, -0.05) is 42.4 Å². The minimum atomic E-state index is -3.95. The summed E-state index contributed by atoms with van der Waals surface area (Å²) in [6, 6.07) is 0. The summed E-state index contributed by atoms with van der Waals surface area (Å²) in [5.41, 5.74) is 4.28. The molecule has 4 heterocycles. The van der Waals surface area contributed by atoms with Crippen molar-refractivity contribution in [2.24, 2.45) is 0 Å². The predicted molar refractivity (Wildman–Crippen MR) is 129 cm³/mol. The third-order valence-electron chi connectivity index (χ3n) is 4.99. The lowest BCUT2D eigenvalue weighted by molar-refractivity contribution is -0.0701. The van der Waals surface area contributed by atoms with Crippen LogP contribution >= 0.6 is 29.4 Å². The molecule has 1 unspecified atom stereocenters. The van der Waals surface area contributed by atoms with E-state index in [2.05, 4.69) is 35.7 Å². The standard InChI is InChI=1S/C19H29FN5O6PS2/c1-6-27-15-12-14(23-17(21)24-15)25(10-22-12)16-19(5,20)13-11(30-16)9-29-32(26,31-13)28-7-8-33-34-18(2,3)4/h10-11,13,16H,6-9H2,1-5H3,(H2,21,23,24)/t11-,13-,16-,19-,32?/m1/s1. The van der Waals surface area contributed by atoms with Crippen molar-refractivity contribution in [3.05, 3.63) is 6.33 Å². The van der Waals surface area contributed by atoms with Crippen LogP contribution in [0.3, 0.4) is 0 Å². The quantitative estimate of drug-likeness (QED) is 0.295. The number of imidazole rings is 1. The number of hydrogen-bond donors (Lipinski definition) is 1. The molecule has 0 radical (unpaired) electrons. The summed E-state index contributed by atoms with van der Waals surface area (Å²) >= 11 is 0. The first-order chi connectivity index (χ1) is 15.9. The summed E-state index contributed by atoms with van der Waals surface area (Å²) in [6.45, 7) is 9.74. The average Bonchev–Trinajstić information content (AvgIpc) is 3.25. The molecular formula is C19H29FN5O6PS2. The number of hydrogen-bond acceptors (Lipinski definition) is 12. The lowest BCUT2D eigenvalue weighted by atomic mass is 9.98. The molecule has 2 saturated heterocycles. The fourth-order valence-corrected chi connectivity index (χ4v) is 7.32. The highest BCUT2D eigenvalue weighted by molar-refractivity contribution is 8.77. The molecule has 4 rings (SSSR count). The number of anilines is 1. The first-order valence-corrected chi connectivity index (χ1v) is 14.6. The SMILES string of the molecule is CCOc1nc(N)nc2c1ncn2[C@@H]1O[C@@H]2COP(=O)(OCCSSC(C)(C)C)O[C@H]2[C@@]1(C)F. The molecule has 2 fully saturated rings. The van der Waals surface area contributed by atoms with Crippen molar-refractivity contribution in [1.82, 2.24) is 19.5 Å². The number of ether oxygens (including phenoxy) is 2. The topological polar surface area (TPSA) is 133 Å². The van der Waals surface area contributed by atoms with Gasteiger partial charge in [0, 0.05) is 10.5 Å². The van der Waals surface area contributed by atoms with Gasteiger partial charge >= 0.3 is 7.82 Å². The number of fused-ring (bicyclic) bond motifs is 2. The molecule has 5 atom stereocenters. The van der Waals surface area contributed by atoms with Crippen LogP contribution in [0.2, 0.25) is 0 Å². The van der Waals surface area contributed by atoms with Crippen LogP contribution in [0.4, 0.5) is 10.3 Å². The van der Waals surface area contributed by atoms with Gasteiger partial charge in [0.1, 0.15) is 12.2 Å². The fraction of sp³-hybridized carbons (Fsp3) is 0.737. The van der Waals surface area contributed by atoms with Crippen molar-refractivity contribution < 1.29 is 32.0 Å². The number of rotatable bonds is 8. The van der Waals surface area contributed by atoms with Crippen molar-refractivity contribution in [3.8, 4) is 5.88 Å². The second-order valence-electron chi connectivity index (χ2n) is 8.94. The Morgan fingerprint density at radius 2 is 2.18 bits per heavy atom. The number of nitrogens with zero attached hydrogens (tertiary/aromatic N) is 4. The van der Waals surface area contributed by atoms with Crippen molar-refractivity contribution in [3.63, 3.8) is 0 Å². The van der Waals surface area contributed by atoms with Crippen LogP contribution in [-0.4, -0.2) is 67.7 Å². The second kappa shape index (κ2) is 9.72. The smallest absolute Gasteiger partial charge is 0.475 e. The van der Waals surface area contributed by atoms with Gasteiger partial charge in [-0.05, 0) is 13.8 Å². The van der Waals surface area contributed by atoms with Gasteiger partial charge in [-0.25, -0.2) is 13.9 Å². The summed E-state index contributed by atoms with van der Waals surface area (Å²) in [4.78, 5) is 12.5. The number of aromatic nitrogens is 4. The molecule has 0 saturated carbocycles. The van der Waals surface area contributed by atoms with E-state index >= 15 is 4.39 Å². The molecule has 2 aromatic heterocycles. The zero-order valence-corrected chi connectivity index (χ0v) is 22.1. The van der Waals surface area contributed by atoms with E-state index in [-0.39, 0.29) is 35.4 Å². The van der Waals surface area contributed by atoms with Crippen molar-refractivity contribution in [1.29, 1.82) is 0 Å². The Kier molecular flexibility index (Phi) is 7.41. The lowest BCUT2D eigenvalue weighted by Gasteiger charge is -2.33. The number of phosphoric ester groups is 1. The maximum Gasteiger partial charge on any atom is 0.475 e. The molecule has 0 amide bonds. The van der Waals surface area contributed by atoms with E-state index in [1.54, 1.807) is 28.5 Å². The number of phosphoric acid groups is 1. The highest BCUT2D eigenvalue weighted by atomic mass is 33.1. The van der Waals surface area contributed by atoms with Gasteiger partial charge in [0.15, 0.2) is 23.1 Å². The van der Waals surface area contributed by atoms with Gasteiger partial charge in [0.05, 0.1) is 26.1 Å². The molecule has 2 N–H and O–H groups in total. The zero-order valence-electron chi connectivity index (χ0n) is 19.6. The van der Waals surface area contributed by atoms with Gasteiger partial charge in [-0.3, -0.25) is 18.1 Å². The van der Waals surface area contributed by atoms with Crippen LogP contribution in [0.5, 0.6) is 5.88 Å². The van der Waals surface area contributed by atoms with Crippen molar-refractivity contribution in [2.75, 3.05) is 31.3 Å². The Morgan fingerprint density at radius 1 is 1.41 bits per heavy atom. The molecule has 2 aromatic rings. The van der Waals surface area contributed by atoms with E-state index in [0.29, 0.717) is 17.9 Å². The van der Waals surface area contributed by atoms with Crippen LogP contribution in [0, 0.1) is 0 Å². The van der Waals surface area contributed by atoms with Gasteiger partial charge in [-0.2, -0.15) is 9.97 Å². The Bertz CT molecular complexity index is 1080. The number of nitrogen functional groups attached to an aromatic ring is 1. The van der Waals surface area contributed by atoms with E-state index in [1.165, 1.54) is 17.8 Å². The molecule has 0 aliphatic carbocycles. The van der Waals surface area contributed by atoms with Crippen LogP contribution in [-0.2, 0) is 22.9 Å². The summed E-state index contributed by atoms with van der Waals surface area (Å²) in [7, 11) is -0.676. The number of halogens is 1. The van der Waals surface area contributed by atoms with Crippen molar-refractivity contribution >= 4 is 46.5 Å².